The molecule has 11 rings (SSSR count). The predicted molar refractivity (Wildman–Crippen MR) is 266 cm³/mol. The van der Waals surface area contributed by atoms with Crippen LogP contribution in [0.1, 0.15) is 22.3 Å². The van der Waals surface area contributed by atoms with Crippen LogP contribution in [0.2, 0.25) is 39.3 Å². The molecule has 294 valence electrons. The van der Waals surface area contributed by atoms with E-state index >= 15 is 0 Å². The highest BCUT2D eigenvalue weighted by atomic mass is 28.3. The summed E-state index contributed by atoms with van der Waals surface area (Å²) < 4.78 is 0. The lowest BCUT2D eigenvalue weighted by atomic mass is 9.70. The van der Waals surface area contributed by atoms with Gasteiger partial charge in [0.25, 0.3) is 0 Å². The van der Waals surface area contributed by atoms with Gasteiger partial charge in [-0.15, -0.1) is 0 Å². The number of fused-ring (bicyclic) bond motifs is 11. The topological polar surface area (TPSA) is 12.9 Å². The maximum Gasteiger partial charge on any atom is 0.0788 e. The fourth-order valence-corrected chi connectivity index (χ4v) is 12.6. The number of hydrogen-bond donors (Lipinski definition) is 0. The van der Waals surface area contributed by atoms with Gasteiger partial charge in [0.05, 0.1) is 33.0 Å². The highest BCUT2D eigenvalue weighted by molar-refractivity contribution is 6.89. The van der Waals surface area contributed by atoms with Crippen molar-refractivity contribution in [1.29, 1.82) is 0 Å². The SMILES string of the molecule is C[Si](C)(C)c1cccc(-c2ccc(-c3cccc([Si](C)(C)C)c3)c(-c3ccc4ccc(-c5ccc6c(c5)-c5ccccc5C65c6ccccc6-c6ccccc65)cc4c3)n2)c1. The molecule has 0 saturated carbocycles. The quantitative estimate of drug-likeness (QED) is 0.152. The van der Waals surface area contributed by atoms with E-state index in [4.69, 9.17) is 4.98 Å². The molecule has 1 nitrogen and oxygen atoms in total. The van der Waals surface area contributed by atoms with Gasteiger partial charge < -0.3 is 0 Å². The molecule has 1 spiro atoms. The molecule has 9 aromatic rings. The summed E-state index contributed by atoms with van der Waals surface area (Å²) in [5.74, 6) is 0. The summed E-state index contributed by atoms with van der Waals surface area (Å²) in [4.78, 5) is 5.55. The first kappa shape index (κ1) is 37.6. The van der Waals surface area contributed by atoms with Crippen molar-refractivity contribution >= 4 is 37.3 Å². The Labute approximate surface area is 362 Å². The second-order valence-electron chi connectivity index (χ2n) is 19.2. The van der Waals surface area contributed by atoms with Gasteiger partial charge >= 0.3 is 0 Å². The third-order valence-electron chi connectivity index (χ3n) is 13.4. The van der Waals surface area contributed by atoms with Crippen molar-refractivity contribution in [2.45, 2.75) is 44.7 Å². The number of hydrogen-bond acceptors (Lipinski definition) is 1. The summed E-state index contributed by atoms with van der Waals surface area (Å²) in [5, 5.41) is 5.33. The third-order valence-corrected chi connectivity index (χ3v) is 17.5. The number of pyridine rings is 1. The van der Waals surface area contributed by atoms with Gasteiger partial charge in [-0.25, -0.2) is 4.98 Å². The first-order valence-electron chi connectivity index (χ1n) is 21.7. The van der Waals surface area contributed by atoms with Crippen LogP contribution in [0, 0.1) is 0 Å². The van der Waals surface area contributed by atoms with Gasteiger partial charge in [0, 0.05) is 16.7 Å². The molecular weight excluding hydrogens is 767 g/mol. The van der Waals surface area contributed by atoms with E-state index in [1.165, 1.54) is 93.5 Å². The van der Waals surface area contributed by atoms with Gasteiger partial charge in [-0.1, -0.05) is 213 Å². The van der Waals surface area contributed by atoms with Crippen LogP contribution in [0.25, 0.3) is 77.8 Å². The maximum atomic E-state index is 5.55. The first-order chi connectivity index (χ1) is 29.5. The molecule has 0 radical (unpaired) electrons. The normalized spacial score (nSPS) is 13.5. The fraction of sp³-hybridized carbons (Fsp3) is 0.121. The molecular formula is C58H49NSi2. The molecule has 1 heterocycles. The molecule has 0 saturated heterocycles. The molecule has 0 bridgehead atoms. The van der Waals surface area contributed by atoms with E-state index in [-0.39, 0.29) is 5.41 Å². The van der Waals surface area contributed by atoms with E-state index in [1.807, 2.05) is 0 Å². The van der Waals surface area contributed by atoms with Crippen molar-refractivity contribution in [3.05, 3.63) is 210 Å². The fourth-order valence-electron chi connectivity index (χ4n) is 10.2. The Morgan fingerprint density at radius 2 is 0.820 bits per heavy atom. The number of rotatable bonds is 6. The van der Waals surface area contributed by atoms with E-state index in [1.54, 1.807) is 0 Å². The minimum Gasteiger partial charge on any atom is -0.247 e. The molecule has 0 N–H and O–H groups in total. The van der Waals surface area contributed by atoms with Gasteiger partial charge in [0.15, 0.2) is 0 Å². The summed E-state index contributed by atoms with van der Waals surface area (Å²) in [7, 11) is -3.05. The summed E-state index contributed by atoms with van der Waals surface area (Å²) >= 11 is 0. The Balaban J connectivity index is 1.05. The zero-order chi connectivity index (χ0) is 41.7. The van der Waals surface area contributed by atoms with E-state index < -0.39 is 16.1 Å². The summed E-state index contributed by atoms with van der Waals surface area (Å²) in [5.41, 5.74) is 19.6. The average molecular weight is 816 g/mol. The van der Waals surface area contributed by atoms with Crippen LogP contribution in [0.5, 0.6) is 0 Å². The second-order valence-corrected chi connectivity index (χ2v) is 29.3. The summed E-state index contributed by atoms with van der Waals surface area (Å²) in [6.45, 7) is 14.5. The zero-order valence-corrected chi connectivity index (χ0v) is 37.8. The van der Waals surface area contributed by atoms with Crippen molar-refractivity contribution in [1.82, 2.24) is 4.98 Å². The van der Waals surface area contributed by atoms with Crippen molar-refractivity contribution in [3.8, 4) is 67.0 Å². The van der Waals surface area contributed by atoms with Crippen molar-refractivity contribution in [2.75, 3.05) is 0 Å². The predicted octanol–water partition coefficient (Wildman–Crippen LogP) is 14.3. The molecule has 1 aromatic heterocycles. The number of aromatic nitrogens is 1. The van der Waals surface area contributed by atoms with Crippen LogP contribution in [0.15, 0.2) is 188 Å². The van der Waals surface area contributed by atoms with Gasteiger partial charge in [-0.05, 0) is 96.2 Å². The minimum absolute atomic E-state index is 0.334. The molecule has 61 heavy (non-hydrogen) atoms. The van der Waals surface area contributed by atoms with Crippen LogP contribution in [0.3, 0.4) is 0 Å². The molecule has 2 aliphatic carbocycles. The monoisotopic (exact) mass is 815 g/mol. The Hall–Kier alpha value is -6.40. The minimum atomic E-state index is -1.54. The Morgan fingerprint density at radius 3 is 1.44 bits per heavy atom. The van der Waals surface area contributed by atoms with Crippen LogP contribution >= 0.6 is 0 Å². The second kappa shape index (κ2) is 13.8. The van der Waals surface area contributed by atoms with Gasteiger partial charge in [-0.3, -0.25) is 0 Å². The number of nitrogens with zero attached hydrogens (tertiary/aromatic N) is 1. The Kier molecular flexibility index (Phi) is 8.52. The maximum absolute atomic E-state index is 5.55. The van der Waals surface area contributed by atoms with Crippen molar-refractivity contribution in [3.63, 3.8) is 0 Å². The molecule has 0 aliphatic heterocycles. The Bertz CT molecular complexity index is 3190. The zero-order valence-electron chi connectivity index (χ0n) is 35.8. The lowest BCUT2D eigenvalue weighted by molar-refractivity contribution is 0.794. The molecule has 8 aromatic carbocycles. The largest absolute Gasteiger partial charge is 0.247 e. The first-order valence-corrected chi connectivity index (χ1v) is 28.7. The van der Waals surface area contributed by atoms with Crippen LogP contribution in [0.4, 0.5) is 0 Å². The standard InChI is InChI=1S/C58H49NSi2/c1-60(2,3)45-17-13-15-41(35-45)47-30-32-56(42-16-14-18-46(36-42)61(4,5)6)59-57(47)43-28-26-38-25-27-39(33-44(38)34-43)40-29-31-55-51(37-40)50-21-9-12-24-54(50)58(55)52-22-10-7-19-48(52)49-20-8-11-23-53(49)58/h7-37H,1-6H3. The summed E-state index contributed by atoms with van der Waals surface area (Å²) in [6, 6.07) is 71.0. The third kappa shape index (κ3) is 5.97. The molecule has 0 amide bonds. The van der Waals surface area contributed by atoms with E-state index in [0.29, 0.717) is 0 Å². The highest BCUT2D eigenvalue weighted by Gasteiger charge is 2.51. The van der Waals surface area contributed by atoms with E-state index in [9.17, 15) is 0 Å². The van der Waals surface area contributed by atoms with Gasteiger partial charge in [0.1, 0.15) is 0 Å². The van der Waals surface area contributed by atoms with Crippen molar-refractivity contribution < 1.29 is 0 Å². The average Bonchev–Trinajstić information content (AvgIpc) is 3.75. The molecule has 0 atom stereocenters. The lowest BCUT2D eigenvalue weighted by Crippen LogP contribution is -2.37. The number of benzene rings is 8. The molecule has 3 heteroatoms. The highest BCUT2D eigenvalue weighted by Crippen LogP contribution is 2.63. The van der Waals surface area contributed by atoms with Crippen LogP contribution in [-0.2, 0) is 5.41 Å². The van der Waals surface area contributed by atoms with Gasteiger partial charge in [-0.2, -0.15) is 0 Å². The van der Waals surface area contributed by atoms with Gasteiger partial charge in [0.2, 0.25) is 0 Å². The van der Waals surface area contributed by atoms with E-state index in [2.05, 4.69) is 227 Å². The molecule has 2 aliphatic rings. The molecule has 0 fully saturated rings. The molecule has 0 unspecified atom stereocenters. The smallest absolute Gasteiger partial charge is 0.0788 e. The van der Waals surface area contributed by atoms with Crippen LogP contribution in [-0.4, -0.2) is 21.1 Å². The Morgan fingerprint density at radius 1 is 0.328 bits per heavy atom. The van der Waals surface area contributed by atoms with E-state index in [0.717, 1.165) is 17.0 Å². The van der Waals surface area contributed by atoms with Crippen LogP contribution < -0.4 is 10.4 Å². The van der Waals surface area contributed by atoms with Crippen molar-refractivity contribution in [2.24, 2.45) is 0 Å². The lowest BCUT2D eigenvalue weighted by Gasteiger charge is -2.30. The summed E-state index contributed by atoms with van der Waals surface area (Å²) in [6.07, 6.45) is 0.